The number of fused-ring (bicyclic) bond motifs is 1. The minimum atomic E-state index is -3.51. The zero-order valence-corrected chi connectivity index (χ0v) is 18.4. The fourth-order valence-electron chi connectivity index (χ4n) is 3.30. The Morgan fingerprint density at radius 3 is 2.53 bits per heavy atom. The first kappa shape index (κ1) is 22.0. The summed E-state index contributed by atoms with van der Waals surface area (Å²) in [4.78, 5) is 16.9. The highest BCUT2D eigenvalue weighted by Gasteiger charge is 2.19. The monoisotopic (exact) mass is 428 g/mol. The molecule has 0 bridgehead atoms. The van der Waals surface area contributed by atoms with Crippen molar-refractivity contribution in [3.05, 3.63) is 59.9 Å². The van der Waals surface area contributed by atoms with Crippen LogP contribution in [0.2, 0.25) is 0 Å². The third kappa shape index (κ3) is 5.06. The van der Waals surface area contributed by atoms with Gasteiger partial charge < -0.3 is 9.88 Å². The molecule has 7 nitrogen and oxygen atoms in total. The molecule has 160 valence electrons. The molecule has 0 aliphatic carbocycles. The summed E-state index contributed by atoms with van der Waals surface area (Å²) in [5.74, 6) is 0.745. The number of imidazole rings is 1. The molecule has 1 N–H and O–H groups in total. The molecule has 0 aliphatic rings. The largest absolute Gasteiger partial charge is 0.356 e. The van der Waals surface area contributed by atoms with Crippen LogP contribution < -0.4 is 5.32 Å². The molecule has 30 heavy (non-hydrogen) atoms. The topological polar surface area (TPSA) is 84.3 Å². The highest BCUT2D eigenvalue weighted by Crippen LogP contribution is 2.21. The second-order valence-corrected chi connectivity index (χ2v) is 9.62. The first-order valence-electron chi connectivity index (χ1n) is 9.97. The van der Waals surface area contributed by atoms with Crippen LogP contribution in [-0.4, -0.2) is 48.8 Å². The fraction of sp³-hybridized carbons (Fsp3) is 0.364. The van der Waals surface area contributed by atoms with Gasteiger partial charge in [-0.05, 0) is 36.6 Å². The van der Waals surface area contributed by atoms with E-state index in [1.165, 1.54) is 24.0 Å². The lowest BCUT2D eigenvalue weighted by Crippen LogP contribution is -2.25. The maximum Gasteiger partial charge on any atom is 0.242 e. The van der Waals surface area contributed by atoms with E-state index in [9.17, 15) is 13.2 Å². The summed E-state index contributed by atoms with van der Waals surface area (Å²) >= 11 is 0. The van der Waals surface area contributed by atoms with Crippen LogP contribution in [0.1, 0.15) is 24.2 Å². The van der Waals surface area contributed by atoms with Crippen molar-refractivity contribution in [3.63, 3.8) is 0 Å². The van der Waals surface area contributed by atoms with E-state index < -0.39 is 10.0 Å². The summed E-state index contributed by atoms with van der Waals surface area (Å²) < 4.78 is 27.8. The summed E-state index contributed by atoms with van der Waals surface area (Å²) in [6.07, 6.45) is 2.66. The van der Waals surface area contributed by atoms with Gasteiger partial charge in [0.2, 0.25) is 15.9 Å². The molecule has 1 aromatic heterocycles. The third-order valence-corrected chi connectivity index (χ3v) is 6.92. The van der Waals surface area contributed by atoms with Crippen LogP contribution in [0, 0.1) is 0 Å². The third-order valence-electron chi connectivity index (χ3n) is 5.11. The van der Waals surface area contributed by atoms with Crippen LogP contribution >= 0.6 is 0 Å². The number of rotatable bonds is 9. The minimum absolute atomic E-state index is 0.00834. The van der Waals surface area contributed by atoms with Crippen LogP contribution in [0.25, 0.3) is 11.0 Å². The number of sulfonamides is 1. The summed E-state index contributed by atoms with van der Waals surface area (Å²) in [6.45, 7) is 0.641. The van der Waals surface area contributed by atoms with Gasteiger partial charge in [0.1, 0.15) is 5.82 Å². The normalized spacial score (nSPS) is 11.9. The molecule has 0 fully saturated rings. The van der Waals surface area contributed by atoms with Gasteiger partial charge in [-0.25, -0.2) is 17.7 Å². The minimum Gasteiger partial charge on any atom is -0.356 e. The average molecular weight is 429 g/mol. The Balaban J connectivity index is 1.56. The Morgan fingerprint density at radius 2 is 1.83 bits per heavy atom. The summed E-state index contributed by atoms with van der Waals surface area (Å²) in [5.41, 5.74) is 2.71. The number of nitrogens with zero attached hydrogens (tertiary/aromatic N) is 3. The number of carbonyl (C=O) groups excluding carboxylic acids is 1. The molecule has 8 heteroatoms. The number of nitrogens with one attached hydrogen (secondary N) is 1. The molecule has 0 unspecified atom stereocenters. The van der Waals surface area contributed by atoms with Gasteiger partial charge in [-0.1, -0.05) is 30.3 Å². The molecule has 0 saturated carbocycles. The van der Waals surface area contributed by atoms with Crippen LogP contribution in [-0.2, 0) is 34.7 Å². The van der Waals surface area contributed by atoms with E-state index in [0.29, 0.717) is 24.9 Å². The second kappa shape index (κ2) is 9.40. The lowest BCUT2D eigenvalue weighted by molar-refractivity contribution is -0.121. The van der Waals surface area contributed by atoms with Gasteiger partial charge in [0.05, 0.1) is 15.9 Å². The Bertz CT molecular complexity index is 1120. The Labute approximate surface area is 177 Å². The molecule has 0 saturated heterocycles. The van der Waals surface area contributed by atoms with Crippen molar-refractivity contribution in [2.75, 3.05) is 20.6 Å². The van der Waals surface area contributed by atoms with E-state index >= 15 is 0 Å². The maximum atomic E-state index is 12.3. The highest BCUT2D eigenvalue weighted by atomic mass is 32.2. The fourth-order valence-corrected chi connectivity index (χ4v) is 4.23. The van der Waals surface area contributed by atoms with Crippen molar-refractivity contribution < 1.29 is 13.2 Å². The predicted molar refractivity (Wildman–Crippen MR) is 118 cm³/mol. The van der Waals surface area contributed by atoms with Crippen molar-refractivity contribution >= 4 is 27.0 Å². The Kier molecular flexibility index (Phi) is 6.89. The van der Waals surface area contributed by atoms with Crippen molar-refractivity contribution in [1.29, 1.82) is 0 Å². The number of carbonyl (C=O) groups is 1. The predicted octanol–water partition coefficient (Wildman–Crippen LogP) is 2.51. The summed E-state index contributed by atoms with van der Waals surface area (Å²) in [6, 6.07) is 15.1. The molecule has 0 atom stereocenters. The maximum absolute atomic E-state index is 12.3. The number of aryl methyl sites for hydroxylation is 3. The second-order valence-electron chi connectivity index (χ2n) is 7.46. The number of aromatic nitrogens is 2. The number of hydrogen-bond donors (Lipinski definition) is 1. The SMILES string of the molecule is CN(C)S(=O)(=O)c1ccc2c(c1)nc(CCC(=O)NCCCc1ccccc1)n2C. The van der Waals surface area contributed by atoms with Crippen LogP contribution in [0.15, 0.2) is 53.4 Å². The van der Waals surface area contributed by atoms with Gasteiger partial charge in [0.25, 0.3) is 0 Å². The molecule has 2 aromatic carbocycles. The summed E-state index contributed by atoms with van der Waals surface area (Å²) in [5, 5.41) is 2.96. The van der Waals surface area contributed by atoms with Crippen molar-refractivity contribution in [3.8, 4) is 0 Å². The molecule has 1 amide bonds. The van der Waals surface area contributed by atoms with E-state index in [0.717, 1.165) is 24.2 Å². The van der Waals surface area contributed by atoms with Crippen LogP contribution in [0.3, 0.4) is 0 Å². The molecule has 3 aromatic rings. The number of benzene rings is 2. The number of amides is 1. The Morgan fingerprint density at radius 1 is 1.10 bits per heavy atom. The lowest BCUT2D eigenvalue weighted by Gasteiger charge is -2.10. The molecule has 0 radical (unpaired) electrons. The van der Waals surface area contributed by atoms with E-state index in [1.807, 2.05) is 29.8 Å². The van der Waals surface area contributed by atoms with Gasteiger partial charge in [-0.15, -0.1) is 0 Å². The Hall–Kier alpha value is -2.71. The van der Waals surface area contributed by atoms with E-state index in [2.05, 4.69) is 22.4 Å². The van der Waals surface area contributed by atoms with E-state index in [1.54, 1.807) is 18.2 Å². The quantitative estimate of drug-likeness (QED) is 0.531. The van der Waals surface area contributed by atoms with E-state index in [-0.39, 0.29) is 10.8 Å². The number of hydrogen-bond acceptors (Lipinski definition) is 4. The highest BCUT2D eigenvalue weighted by molar-refractivity contribution is 7.89. The van der Waals surface area contributed by atoms with Crippen LogP contribution in [0.4, 0.5) is 0 Å². The summed E-state index contributed by atoms with van der Waals surface area (Å²) in [7, 11) is 1.37. The van der Waals surface area contributed by atoms with Crippen molar-refractivity contribution in [2.45, 2.75) is 30.6 Å². The van der Waals surface area contributed by atoms with Gasteiger partial charge in [0.15, 0.2) is 0 Å². The van der Waals surface area contributed by atoms with Crippen molar-refractivity contribution in [2.24, 2.45) is 7.05 Å². The molecular weight excluding hydrogens is 400 g/mol. The smallest absolute Gasteiger partial charge is 0.242 e. The molecule has 0 aliphatic heterocycles. The van der Waals surface area contributed by atoms with E-state index in [4.69, 9.17) is 0 Å². The zero-order valence-electron chi connectivity index (χ0n) is 17.6. The van der Waals surface area contributed by atoms with Gasteiger partial charge >= 0.3 is 0 Å². The molecule has 3 rings (SSSR count). The lowest BCUT2D eigenvalue weighted by atomic mass is 10.1. The molecular formula is C22H28N4O3S. The van der Waals surface area contributed by atoms with Gasteiger partial charge in [-0.2, -0.15) is 0 Å². The van der Waals surface area contributed by atoms with Crippen LogP contribution in [0.5, 0.6) is 0 Å². The van der Waals surface area contributed by atoms with Gasteiger partial charge in [-0.3, -0.25) is 4.79 Å². The first-order valence-corrected chi connectivity index (χ1v) is 11.4. The first-order chi connectivity index (χ1) is 14.3. The molecule has 1 heterocycles. The van der Waals surface area contributed by atoms with Gasteiger partial charge in [0, 0.05) is 40.5 Å². The zero-order chi connectivity index (χ0) is 21.7. The molecule has 0 spiro atoms. The van der Waals surface area contributed by atoms with Crippen molar-refractivity contribution in [1.82, 2.24) is 19.2 Å². The average Bonchev–Trinajstić information content (AvgIpc) is 3.05. The standard InChI is InChI=1S/C22H28N4O3S/c1-25(2)30(28,29)18-11-12-20-19(16-18)24-21(26(20)3)13-14-22(27)23-15-7-10-17-8-5-4-6-9-17/h4-6,8-9,11-12,16H,7,10,13-15H2,1-3H3,(H,23,27).